The second-order valence-corrected chi connectivity index (χ2v) is 10.9. The lowest BCUT2D eigenvalue weighted by Gasteiger charge is -2.59. The van der Waals surface area contributed by atoms with Crippen LogP contribution in [0.2, 0.25) is 0 Å². The largest absolute Gasteiger partial charge is 0.393 e. The van der Waals surface area contributed by atoms with E-state index < -0.39 is 0 Å². The van der Waals surface area contributed by atoms with Crippen molar-refractivity contribution in [2.24, 2.45) is 34.5 Å². The first-order chi connectivity index (χ1) is 13.3. The molecule has 0 aromatic rings. The summed E-state index contributed by atoms with van der Waals surface area (Å²) in [5.74, 6) is 1.79. The van der Waals surface area contributed by atoms with E-state index in [1.165, 1.54) is 12.0 Å². The van der Waals surface area contributed by atoms with Gasteiger partial charge in [0.05, 0.1) is 6.10 Å². The normalized spacial score (nSPS) is 48.0. The number of fused-ring (bicyclic) bond motifs is 5. The molecular weight excluding hydrogens is 350 g/mol. The maximum atomic E-state index is 13.1. The molecule has 2 N–H and O–H groups in total. The van der Waals surface area contributed by atoms with Crippen molar-refractivity contribution >= 4 is 11.7 Å². The van der Waals surface area contributed by atoms with E-state index in [2.05, 4.69) is 19.2 Å². The molecule has 4 saturated carbocycles. The molecule has 1 amide bonds. The third-order valence-electron chi connectivity index (χ3n) is 9.66. The number of nitrogens with one attached hydrogen (secondary N) is 1. The van der Waals surface area contributed by atoms with Gasteiger partial charge in [-0.3, -0.25) is 9.59 Å². The van der Waals surface area contributed by atoms with E-state index >= 15 is 0 Å². The first-order valence-electron chi connectivity index (χ1n) is 11.6. The Kier molecular flexibility index (Phi) is 4.32. The van der Waals surface area contributed by atoms with Gasteiger partial charge < -0.3 is 10.4 Å². The van der Waals surface area contributed by atoms with E-state index in [-0.39, 0.29) is 40.5 Å². The number of aliphatic hydroxyl groups is 1. The quantitative estimate of drug-likeness (QED) is 0.760. The summed E-state index contributed by atoms with van der Waals surface area (Å²) in [6.07, 6.45) is 11.4. The standard InChI is InChI=1S/C24H35NO3/c1-23-11-10-16(26)12-14(23)6-7-17-18-8-9-19(22(28)25-15-4-3-5-15)24(18,2)13-20(27)21(17)23/h12,15,17-21,27H,3-11,13H2,1-2H3,(H,25,28)/t17?,18?,19?,20-,21?,23-,24-/m0/s1. The molecule has 5 rings (SSSR count). The molecule has 0 heterocycles. The van der Waals surface area contributed by atoms with Crippen LogP contribution in [0.4, 0.5) is 0 Å². The van der Waals surface area contributed by atoms with E-state index in [0.717, 1.165) is 51.4 Å². The third kappa shape index (κ3) is 2.59. The van der Waals surface area contributed by atoms with Gasteiger partial charge in [0.15, 0.2) is 5.78 Å². The number of ketones is 1. The molecule has 0 saturated heterocycles. The van der Waals surface area contributed by atoms with E-state index in [1.54, 1.807) is 0 Å². The molecule has 0 aromatic heterocycles. The van der Waals surface area contributed by atoms with Crippen LogP contribution in [-0.2, 0) is 9.59 Å². The van der Waals surface area contributed by atoms with E-state index in [1.807, 2.05) is 6.08 Å². The molecule has 0 spiro atoms. The van der Waals surface area contributed by atoms with E-state index in [0.29, 0.717) is 24.3 Å². The van der Waals surface area contributed by atoms with Gasteiger partial charge in [0, 0.05) is 18.4 Å². The topological polar surface area (TPSA) is 66.4 Å². The van der Waals surface area contributed by atoms with Crippen LogP contribution < -0.4 is 5.32 Å². The Labute approximate surface area is 168 Å². The number of carbonyl (C=O) groups is 2. The summed E-state index contributed by atoms with van der Waals surface area (Å²) in [6.45, 7) is 4.58. The molecule has 0 radical (unpaired) electrons. The highest BCUT2D eigenvalue weighted by molar-refractivity contribution is 5.91. The number of rotatable bonds is 2. The highest BCUT2D eigenvalue weighted by atomic mass is 16.3. The Morgan fingerprint density at radius 3 is 2.64 bits per heavy atom. The van der Waals surface area contributed by atoms with Crippen LogP contribution in [0, 0.1) is 34.5 Å². The van der Waals surface area contributed by atoms with Crippen LogP contribution >= 0.6 is 0 Å². The molecule has 0 bridgehead atoms. The monoisotopic (exact) mass is 385 g/mol. The average molecular weight is 386 g/mol. The molecule has 5 aliphatic rings. The van der Waals surface area contributed by atoms with Crippen LogP contribution in [0.3, 0.4) is 0 Å². The summed E-state index contributed by atoms with van der Waals surface area (Å²) in [4.78, 5) is 25.1. The molecule has 4 heteroatoms. The number of allylic oxidation sites excluding steroid dienone is 1. The van der Waals surface area contributed by atoms with Gasteiger partial charge >= 0.3 is 0 Å². The number of hydrogen-bond donors (Lipinski definition) is 2. The van der Waals surface area contributed by atoms with Crippen molar-refractivity contribution in [2.75, 3.05) is 0 Å². The zero-order valence-electron chi connectivity index (χ0n) is 17.4. The maximum absolute atomic E-state index is 13.1. The molecule has 4 fully saturated rings. The Balaban J connectivity index is 1.42. The Morgan fingerprint density at radius 2 is 1.93 bits per heavy atom. The maximum Gasteiger partial charge on any atom is 0.223 e. The lowest BCUT2D eigenvalue weighted by molar-refractivity contribution is -0.146. The van der Waals surface area contributed by atoms with Gasteiger partial charge in [-0.1, -0.05) is 19.4 Å². The summed E-state index contributed by atoms with van der Waals surface area (Å²) in [5.41, 5.74) is 1.16. The Morgan fingerprint density at radius 1 is 1.14 bits per heavy atom. The molecule has 4 unspecified atom stereocenters. The fourth-order valence-corrected chi connectivity index (χ4v) is 7.97. The molecule has 5 aliphatic carbocycles. The Hall–Kier alpha value is -1.16. The van der Waals surface area contributed by atoms with Gasteiger partial charge in [-0.25, -0.2) is 0 Å². The predicted octanol–water partition coefficient (Wildman–Crippen LogP) is 3.77. The van der Waals surface area contributed by atoms with Gasteiger partial charge in [0.2, 0.25) is 5.91 Å². The minimum atomic E-state index is -0.370. The fraction of sp³-hybridized carbons (Fsp3) is 0.833. The SMILES string of the molecule is C[C@]12C[C@H](O)C3C(CCC4=CC(=O)CC[C@@]43C)C1CCC2C(=O)NC1CCC1. The molecule has 0 aliphatic heterocycles. The highest BCUT2D eigenvalue weighted by Crippen LogP contribution is 2.66. The van der Waals surface area contributed by atoms with Gasteiger partial charge in [0.25, 0.3) is 0 Å². The van der Waals surface area contributed by atoms with Crippen LogP contribution in [0.5, 0.6) is 0 Å². The lowest BCUT2D eigenvalue weighted by Crippen LogP contribution is -2.58. The minimum absolute atomic E-state index is 0.0378. The Bertz CT molecular complexity index is 725. The van der Waals surface area contributed by atoms with Crippen molar-refractivity contribution in [3.8, 4) is 0 Å². The van der Waals surface area contributed by atoms with Crippen molar-refractivity contribution in [2.45, 2.75) is 90.2 Å². The first-order valence-corrected chi connectivity index (χ1v) is 11.6. The second kappa shape index (κ2) is 6.42. The van der Waals surface area contributed by atoms with Crippen molar-refractivity contribution in [3.63, 3.8) is 0 Å². The summed E-state index contributed by atoms with van der Waals surface area (Å²) in [6, 6.07) is 0.387. The molecule has 28 heavy (non-hydrogen) atoms. The van der Waals surface area contributed by atoms with Crippen LogP contribution in [0.25, 0.3) is 0 Å². The minimum Gasteiger partial charge on any atom is -0.393 e. The predicted molar refractivity (Wildman–Crippen MR) is 107 cm³/mol. The molecule has 154 valence electrons. The summed E-state index contributed by atoms with van der Waals surface area (Å²) < 4.78 is 0. The molecule has 7 atom stereocenters. The van der Waals surface area contributed by atoms with Gasteiger partial charge in [-0.2, -0.15) is 0 Å². The zero-order valence-corrected chi connectivity index (χ0v) is 17.4. The lowest BCUT2D eigenvalue weighted by atomic mass is 9.46. The summed E-state index contributed by atoms with van der Waals surface area (Å²) >= 11 is 0. The average Bonchev–Trinajstić information content (AvgIpc) is 2.95. The van der Waals surface area contributed by atoms with Crippen LogP contribution in [-0.4, -0.2) is 28.9 Å². The van der Waals surface area contributed by atoms with Gasteiger partial charge in [-0.05, 0) is 92.4 Å². The number of carbonyl (C=O) groups excluding carboxylic acids is 2. The number of hydrogen-bond acceptors (Lipinski definition) is 3. The molecule has 4 nitrogen and oxygen atoms in total. The van der Waals surface area contributed by atoms with Crippen molar-refractivity contribution in [1.82, 2.24) is 5.32 Å². The zero-order chi connectivity index (χ0) is 19.7. The van der Waals surface area contributed by atoms with E-state index in [9.17, 15) is 14.7 Å². The van der Waals surface area contributed by atoms with Crippen molar-refractivity contribution in [3.05, 3.63) is 11.6 Å². The first kappa shape index (κ1) is 18.8. The van der Waals surface area contributed by atoms with Gasteiger partial charge in [0.1, 0.15) is 0 Å². The smallest absolute Gasteiger partial charge is 0.223 e. The molecular formula is C24H35NO3. The number of amides is 1. The van der Waals surface area contributed by atoms with E-state index in [4.69, 9.17) is 0 Å². The van der Waals surface area contributed by atoms with Crippen LogP contribution in [0.1, 0.15) is 78.1 Å². The molecule has 0 aromatic carbocycles. The fourth-order valence-electron chi connectivity index (χ4n) is 7.97. The summed E-state index contributed by atoms with van der Waals surface area (Å²) in [7, 11) is 0. The number of aliphatic hydroxyl groups excluding tert-OH is 1. The van der Waals surface area contributed by atoms with Crippen molar-refractivity contribution < 1.29 is 14.7 Å². The second-order valence-electron chi connectivity index (χ2n) is 10.9. The van der Waals surface area contributed by atoms with Crippen LogP contribution in [0.15, 0.2) is 11.6 Å². The van der Waals surface area contributed by atoms with Crippen molar-refractivity contribution in [1.29, 1.82) is 0 Å². The third-order valence-corrected chi connectivity index (χ3v) is 9.66. The van der Waals surface area contributed by atoms with Gasteiger partial charge in [-0.15, -0.1) is 0 Å². The highest BCUT2D eigenvalue weighted by Gasteiger charge is 2.63. The summed E-state index contributed by atoms with van der Waals surface area (Å²) in [5, 5.41) is 14.7.